The molecule has 4 aromatic heterocycles. The topological polar surface area (TPSA) is 104 Å². The lowest BCUT2D eigenvalue weighted by molar-refractivity contribution is 0.0935. The number of imidazole rings is 1. The highest BCUT2D eigenvalue weighted by molar-refractivity contribution is 7.22. The molecule has 0 aliphatic heterocycles. The third-order valence-electron chi connectivity index (χ3n) is 7.36. The van der Waals surface area contributed by atoms with E-state index in [1.807, 2.05) is 56.4 Å². The van der Waals surface area contributed by atoms with E-state index < -0.39 is 0 Å². The number of hydrogen-bond donors (Lipinski definition) is 1. The highest BCUT2D eigenvalue weighted by Crippen LogP contribution is 2.39. The minimum Gasteiger partial charge on any atom is -0.497 e. The predicted molar refractivity (Wildman–Crippen MR) is 174 cm³/mol. The molecule has 43 heavy (non-hydrogen) atoms. The lowest BCUT2D eigenvalue weighted by Crippen LogP contribution is -2.33. The highest BCUT2D eigenvalue weighted by atomic mass is 32.1. The van der Waals surface area contributed by atoms with Crippen LogP contribution in [0, 0.1) is 19.3 Å². The standard InChI is InChI=1S/C31H32N6O3S3/c1-7-31(4,5)16-32-27(38)19-8-10-20(11-9-19)28-34-24(17(2)41-28)15-40-25-13-21(39-6)12-22-26(25)43-29(33-22)23-14-37-30(35-23)42-18(3)36-37/h8-14H,7,15-16H2,1-6H3,(H,32,38). The second-order valence-corrected chi connectivity index (χ2v) is 14.4. The SMILES string of the molecule is CCC(C)(C)CNC(=O)c1ccc(-c2nc(COc3cc(OC)cc4nc(-c5cn6nc(C)sc6n5)sc34)c(C)s2)cc1. The molecule has 6 rings (SSSR count). The minimum absolute atomic E-state index is 0.0622. The maximum absolute atomic E-state index is 12.6. The van der Waals surface area contributed by atoms with E-state index in [9.17, 15) is 4.79 Å². The van der Waals surface area contributed by atoms with Crippen molar-refractivity contribution in [2.45, 2.75) is 47.6 Å². The molecule has 0 bridgehead atoms. The molecule has 9 nitrogen and oxygen atoms in total. The van der Waals surface area contributed by atoms with Crippen molar-refractivity contribution >= 4 is 55.1 Å². The summed E-state index contributed by atoms with van der Waals surface area (Å²) in [6.45, 7) is 11.4. The number of carbonyl (C=O) groups is 1. The first kappa shape index (κ1) is 29.2. The van der Waals surface area contributed by atoms with E-state index in [2.05, 4.69) is 31.2 Å². The fourth-order valence-electron chi connectivity index (χ4n) is 4.36. The van der Waals surface area contributed by atoms with Gasteiger partial charge in [-0.05, 0) is 37.8 Å². The van der Waals surface area contributed by atoms with Gasteiger partial charge in [0.25, 0.3) is 5.91 Å². The molecule has 12 heteroatoms. The van der Waals surface area contributed by atoms with Crippen LogP contribution in [0.4, 0.5) is 0 Å². The molecule has 0 fully saturated rings. The number of ether oxygens (including phenoxy) is 2. The molecule has 0 saturated carbocycles. The predicted octanol–water partition coefficient (Wildman–Crippen LogP) is 7.56. The van der Waals surface area contributed by atoms with Crippen molar-refractivity contribution in [3.8, 4) is 32.8 Å². The molecule has 0 aliphatic carbocycles. The van der Waals surface area contributed by atoms with Crippen LogP contribution in [0.15, 0.2) is 42.6 Å². The fourth-order valence-corrected chi connectivity index (χ4v) is 6.97. The van der Waals surface area contributed by atoms with Gasteiger partial charge in [-0.2, -0.15) is 5.10 Å². The summed E-state index contributed by atoms with van der Waals surface area (Å²) >= 11 is 4.68. The summed E-state index contributed by atoms with van der Waals surface area (Å²) in [6, 6.07) is 11.4. The average Bonchev–Trinajstić information content (AvgIpc) is 3.77. The molecule has 1 N–H and O–H groups in total. The van der Waals surface area contributed by atoms with Gasteiger partial charge in [0.05, 0.1) is 29.2 Å². The van der Waals surface area contributed by atoms with Crippen molar-refractivity contribution in [1.82, 2.24) is 29.9 Å². The Morgan fingerprint density at radius 1 is 1.02 bits per heavy atom. The number of benzene rings is 2. The van der Waals surface area contributed by atoms with Crippen molar-refractivity contribution in [1.29, 1.82) is 0 Å². The summed E-state index contributed by atoms with van der Waals surface area (Å²) in [5.74, 6) is 1.29. The lowest BCUT2D eigenvalue weighted by atomic mass is 9.90. The molecular weight excluding hydrogens is 601 g/mol. The van der Waals surface area contributed by atoms with E-state index >= 15 is 0 Å². The summed E-state index contributed by atoms with van der Waals surface area (Å²) in [5, 5.41) is 10.2. The second-order valence-electron chi connectivity index (χ2n) is 11.1. The summed E-state index contributed by atoms with van der Waals surface area (Å²) < 4.78 is 14.6. The van der Waals surface area contributed by atoms with Crippen molar-refractivity contribution in [3.63, 3.8) is 0 Å². The number of amides is 1. The number of hydrogen-bond acceptors (Lipinski definition) is 10. The number of methoxy groups -OCH3 is 1. The van der Waals surface area contributed by atoms with Gasteiger partial charge < -0.3 is 14.8 Å². The van der Waals surface area contributed by atoms with E-state index in [0.717, 1.165) is 58.4 Å². The van der Waals surface area contributed by atoms with Gasteiger partial charge in [0.2, 0.25) is 4.96 Å². The maximum atomic E-state index is 12.6. The number of aromatic nitrogens is 5. The van der Waals surface area contributed by atoms with Gasteiger partial charge >= 0.3 is 0 Å². The molecular formula is C31H32N6O3S3. The summed E-state index contributed by atoms with van der Waals surface area (Å²) in [6.07, 6.45) is 2.90. The van der Waals surface area contributed by atoms with Crippen LogP contribution in [-0.4, -0.2) is 44.1 Å². The van der Waals surface area contributed by atoms with Crippen LogP contribution < -0.4 is 14.8 Å². The Labute approximate surface area is 261 Å². The van der Waals surface area contributed by atoms with Gasteiger partial charge in [-0.3, -0.25) is 4.79 Å². The number of carbonyl (C=O) groups excluding carboxylic acids is 1. The van der Waals surface area contributed by atoms with Crippen LogP contribution in [0.2, 0.25) is 0 Å². The van der Waals surface area contributed by atoms with Crippen LogP contribution in [0.1, 0.15) is 53.1 Å². The van der Waals surface area contributed by atoms with E-state index in [1.54, 1.807) is 34.3 Å². The van der Waals surface area contributed by atoms with Crippen LogP contribution >= 0.6 is 34.0 Å². The van der Waals surface area contributed by atoms with E-state index in [4.69, 9.17) is 24.4 Å². The van der Waals surface area contributed by atoms with Crippen LogP contribution in [0.3, 0.4) is 0 Å². The number of nitrogens with one attached hydrogen (secondary N) is 1. The smallest absolute Gasteiger partial charge is 0.251 e. The average molecular weight is 633 g/mol. The van der Waals surface area contributed by atoms with Crippen molar-refractivity contribution in [2.75, 3.05) is 13.7 Å². The largest absolute Gasteiger partial charge is 0.497 e. The zero-order chi connectivity index (χ0) is 30.3. The Morgan fingerprint density at radius 3 is 2.53 bits per heavy atom. The molecule has 0 atom stereocenters. The molecule has 0 radical (unpaired) electrons. The summed E-state index contributed by atoms with van der Waals surface area (Å²) in [7, 11) is 1.63. The molecule has 4 heterocycles. The fraction of sp³-hybridized carbons (Fsp3) is 0.323. The van der Waals surface area contributed by atoms with E-state index in [0.29, 0.717) is 30.2 Å². The zero-order valence-electron chi connectivity index (χ0n) is 24.8. The summed E-state index contributed by atoms with van der Waals surface area (Å²) in [5.41, 5.74) is 4.09. The molecule has 6 aromatic rings. The first-order valence-corrected chi connectivity index (χ1v) is 16.4. The normalized spacial score (nSPS) is 11.9. The Balaban J connectivity index is 1.19. The monoisotopic (exact) mass is 632 g/mol. The Kier molecular flexibility index (Phi) is 7.92. The lowest BCUT2D eigenvalue weighted by Gasteiger charge is -2.22. The third kappa shape index (κ3) is 6.13. The molecule has 222 valence electrons. The number of thiazole rings is 2. The van der Waals surface area contributed by atoms with Crippen LogP contribution in [0.5, 0.6) is 11.5 Å². The molecule has 0 unspecified atom stereocenters. The van der Waals surface area contributed by atoms with Crippen molar-refractivity contribution in [2.24, 2.45) is 5.41 Å². The Bertz CT molecular complexity index is 1900. The number of fused-ring (bicyclic) bond motifs is 2. The molecule has 0 saturated heterocycles. The number of aryl methyl sites for hydroxylation is 2. The number of nitrogens with zero attached hydrogens (tertiary/aromatic N) is 5. The highest BCUT2D eigenvalue weighted by Gasteiger charge is 2.19. The van der Waals surface area contributed by atoms with E-state index in [1.165, 1.54) is 11.3 Å². The Hall–Kier alpha value is -3.87. The first-order valence-electron chi connectivity index (χ1n) is 13.9. The van der Waals surface area contributed by atoms with Gasteiger partial charge in [-0.1, -0.05) is 44.2 Å². The third-order valence-corrected chi connectivity index (χ3v) is 10.4. The van der Waals surface area contributed by atoms with Crippen molar-refractivity contribution in [3.05, 3.63) is 63.7 Å². The van der Waals surface area contributed by atoms with Crippen LogP contribution in [0.25, 0.3) is 36.5 Å². The molecule has 0 spiro atoms. The summed E-state index contributed by atoms with van der Waals surface area (Å²) in [4.78, 5) is 29.0. The molecule has 0 aliphatic rings. The van der Waals surface area contributed by atoms with Gasteiger partial charge in [0, 0.05) is 34.7 Å². The van der Waals surface area contributed by atoms with Crippen LogP contribution in [-0.2, 0) is 6.61 Å². The van der Waals surface area contributed by atoms with Gasteiger partial charge in [-0.15, -0.1) is 22.7 Å². The van der Waals surface area contributed by atoms with Gasteiger partial charge in [-0.25, -0.2) is 19.5 Å². The number of rotatable bonds is 10. The molecule has 2 aromatic carbocycles. The zero-order valence-corrected chi connectivity index (χ0v) is 27.3. The first-order chi connectivity index (χ1) is 20.6. The second kappa shape index (κ2) is 11.7. The Morgan fingerprint density at radius 2 is 1.81 bits per heavy atom. The minimum atomic E-state index is -0.0622. The van der Waals surface area contributed by atoms with Crippen molar-refractivity contribution < 1.29 is 14.3 Å². The van der Waals surface area contributed by atoms with Gasteiger partial charge in [0.1, 0.15) is 38.8 Å². The molecule has 1 amide bonds. The van der Waals surface area contributed by atoms with E-state index in [-0.39, 0.29) is 11.3 Å². The quantitative estimate of drug-likeness (QED) is 0.166. The maximum Gasteiger partial charge on any atom is 0.251 e. The van der Waals surface area contributed by atoms with Gasteiger partial charge in [0.15, 0.2) is 0 Å².